The third-order valence-corrected chi connectivity index (χ3v) is 1.41. The normalized spacial score (nSPS) is 13.0. The summed E-state index contributed by atoms with van der Waals surface area (Å²) in [5.74, 6) is -0.854. The van der Waals surface area contributed by atoms with E-state index in [4.69, 9.17) is 10.2 Å². The van der Waals surface area contributed by atoms with E-state index < -0.39 is 43.7 Å². The van der Waals surface area contributed by atoms with Gasteiger partial charge in [0, 0.05) is 25.7 Å². The van der Waals surface area contributed by atoms with Gasteiger partial charge in [0.1, 0.15) is 5.78 Å². The summed E-state index contributed by atoms with van der Waals surface area (Å²) in [6.07, 6.45) is -11.5. The summed E-state index contributed by atoms with van der Waals surface area (Å²) in [5, 5.41) is 15.8. The van der Waals surface area contributed by atoms with Crippen LogP contribution in [-0.4, -0.2) is 28.2 Å². The largest absolute Gasteiger partial charge is 0.353 e. The number of carbonyl (C=O) groups is 1. The molecule has 0 aromatic heterocycles. The second-order valence-corrected chi connectivity index (χ2v) is 2.87. The second-order valence-electron chi connectivity index (χ2n) is 2.87. The molecule has 2 N–H and O–H groups in total. The van der Waals surface area contributed by atoms with Gasteiger partial charge in [-0.1, -0.05) is 0 Å². The molecule has 0 unspecified atom stereocenters. The maximum Gasteiger partial charge on any atom is 0.353 e. The Kier molecular flexibility index (Phi) is 4.47. The van der Waals surface area contributed by atoms with Gasteiger partial charge in [0.25, 0.3) is 0 Å². The summed E-state index contributed by atoms with van der Waals surface area (Å²) in [7, 11) is 0. The highest BCUT2D eigenvalue weighted by molar-refractivity contribution is 5.78. The van der Waals surface area contributed by atoms with Gasteiger partial charge in [-0.2, -0.15) is 17.6 Å². The minimum atomic E-state index is -3.96. The van der Waals surface area contributed by atoms with Crippen molar-refractivity contribution >= 4 is 5.78 Å². The number of Topliss-reactive ketones (excluding diaryl/α,β-unsaturated/α-hetero) is 1. The highest BCUT2D eigenvalue weighted by atomic mass is 19.3. The van der Waals surface area contributed by atoms with Gasteiger partial charge >= 0.3 is 12.2 Å². The summed E-state index contributed by atoms with van der Waals surface area (Å²) < 4.78 is 47.1. The first-order chi connectivity index (χ1) is 6.10. The SMILES string of the molecule is O=C(CCC(O)(F)F)CCC(O)(F)F. The second kappa shape index (κ2) is 4.70. The minimum Gasteiger partial charge on any atom is -0.336 e. The lowest BCUT2D eigenvalue weighted by Gasteiger charge is -2.09. The Labute approximate surface area is 77.3 Å². The van der Waals surface area contributed by atoms with E-state index in [-0.39, 0.29) is 0 Å². The van der Waals surface area contributed by atoms with Gasteiger partial charge < -0.3 is 10.2 Å². The van der Waals surface area contributed by atoms with E-state index in [0.717, 1.165) is 0 Å². The molecule has 0 atom stereocenters. The van der Waals surface area contributed by atoms with Crippen LogP contribution in [0.1, 0.15) is 25.7 Å². The maximum absolute atomic E-state index is 11.8. The molecule has 0 aliphatic rings. The molecule has 0 spiro atoms. The van der Waals surface area contributed by atoms with E-state index in [1.165, 1.54) is 0 Å². The van der Waals surface area contributed by atoms with Crippen molar-refractivity contribution in [2.45, 2.75) is 37.9 Å². The number of ketones is 1. The zero-order chi connectivity index (χ0) is 11.4. The Hall–Kier alpha value is -0.690. The summed E-state index contributed by atoms with van der Waals surface area (Å²) in [6, 6.07) is 0. The molecule has 0 amide bonds. The Bertz CT molecular complexity index is 174. The molecule has 0 radical (unpaired) electrons. The van der Waals surface area contributed by atoms with Crippen LogP contribution in [0.5, 0.6) is 0 Å². The van der Waals surface area contributed by atoms with Crippen molar-refractivity contribution in [3.63, 3.8) is 0 Å². The monoisotopic (exact) mass is 218 g/mol. The van der Waals surface area contributed by atoms with Gasteiger partial charge in [-0.3, -0.25) is 4.79 Å². The van der Waals surface area contributed by atoms with Crippen LogP contribution < -0.4 is 0 Å². The van der Waals surface area contributed by atoms with Crippen molar-refractivity contribution in [1.29, 1.82) is 0 Å². The van der Waals surface area contributed by atoms with Crippen LogP contribution in [-0.2, 0) is 4.79 Å². The fourth-order valence-corrected chi connectivity index (χ4v) is 0.705. The molecule has 0 aromatic rings. The van der Waals surface area contributed by atoms with E-state index >= 15 is 0 Å². The standard InChI is InChI=1S/C7H10F4O3/c8-6(9,13)3-1-5(12)2-4-7(10,11)14/h13-14H,1-4H2. The number of carbonyl (C=O) groups excluding carboxylic acids is 1. The summed E-state index contributed by atoms with van der Waals surface area (Å²) in [4.78, 5) is 10.6. The quantitative estimate of drug-likeness (QED) is 0.660. The first kappa shape index (κ1) is 13.3. The molecule has 0 bridgehead atoms. The van der Waals surface area contributed by atoms with E-state index in [1.54, 1.807) is 0 Å². The molecule has 0 saturated carbocycles. The Morgan fingerprint density at radius 1 is 0.929 bits per heavy atom. The number of hydrogen-bond acceptors (Lipinski definition) is 3. The fraction of sp³-hybridized carbons (Fsp3) is 0.857. The van der Waals surface area contributed by atoms with Gasteiger partial charge in [0.2, 0.25) is 0 Å². The van der Waals surface area contributed by atoms with Crippen LogP contribution in [0.25, 0.3) is 0 Å². The molecule has 0 aliphatic heterocycles. The number of aliphatic hydroxyl groups is 2. The predicted molar refractivity (Wildman–Crippen MR) is 37.8 cm³/mol. The molecule has 0 rings (SSSR count). The smallest absolute Gasteiger partial charge is 0.336 e. The summed E-state index contributed by atoms with van der Waals surface area (Å²) in [5.41, 5.74) is 0. The van der Waals surface area contributed by atoms with Crippen molar-refractivity contribution in [1.82, 2.24) is 0 Å². The van der Waals surface area contributed by atoms with Crippen molar-refractivity contribution in [3.05, 3.63) is 0 Å². The minimum absolute atomic E-state index is 0.695. The fourth-order valence-electron chi connectivity index (χ4n) is 0.705. The van der Waals surface area contributed by atoms with Gasteiger partial charge in [0.15, 0.2) is 0 Å². The zero-order valence-electron chi connectivity index (χ0n) is 7.14. The van der Waals surface area contributed by atoms with Crippen molar-refractivity contribution in [2.75, 3.05) is 0 Å². The third kappa shape index (κ3) is 9.40. The molecule has 14 heavy (non-hydrogen) atoms. The van der Waals surface area contributed by atoms with E-state index in [1.807, 2.05) is 0 Å². The molecular formula is C7H10F4O3. The average molecular weight is 218 g/mol. The van der Waals surface area contributed by atoms with Crippen LogP contribution in [0, 0.1) is 0 Å². The summed E-state index contributed by atoms with van der Waals surface area (Å²) >= 11 is 0. The molecule has 7 heteroatoms. The summed E-state index contributed by atoms with van der Waals surface area (Å²) in [6.45, 7) is 0. The lowest BCUT2D eigenvalue weighted by atomic mass is 10.1. The van der Waals surface area contributed by atoms with Crippen molar-refractivity contribution in [2.24, 2.45) is 0 Å². The highest BCUT2D eigenvalue weighted by Gasteiger charge is 2.28. The van der Waals surface area contributed by atoms with Crippen LogP contribution in [0.15, 0.2) is 0 Å². The van der Waals surface area contributed by atoms with E-state index in [9.17, 15) is 22.4 Å². The first-order valence-electron chi connectivity index (χ1n) is 3.82. The molecule has 0 aromatic carbocycles. The molecular weight excluding hydrogens is 208 g/mol. The number of halogens is 4. The van der Waals surface area contributed by atoms with E-state index in [2.05, 4.69) is 0 Å². The predicted octanol–water partition coefficient (Wildman–Crippen LogP) is 1.29. The topological polar surface area (TPSA) is 57.5 Å². The van der Waals surface area contributed by atoms with Crippen molar-refractivity contribution < 1.29 is 32.6 Å². The number of rotatable bonds is 6. The number of alkyl halides is 4. The van der Waals surface area contributed by atoms with Gasteiger partial charge in [-0.05, 0) is 0 Å². The molecule has 0 aliphatic carbocycles. The number of hydrogen-bond donors (Lipinski definition) is 2. The van der Waals surface area contributed by atoms with Gasteiger partial charge in [0.05, 0.1) is 0 Å². The molecule has 3 nitrogen and oxygen atoms in total. The Morgan fingerprint density at radius 3 is 1.43 bits per heavy atom. The average Bonchev–Trinajstić information content (AvgIpc) is 1.94. The highest BCUT2D eigenvalue weighted by Crippen LogP contribution is 2.19. The third-order valence-electron chi connectivity index (χ3n) is 1.41. The van der Waals surface area contributed by atoms with Crippen LogP contribution in [0.2, 0.25) is 0 Å². The maximum atomic E-state index is 11.8. The van der Waals surface area contributed by atoms with Crippen molar-refractivity contribution in [3.8, 4) is 0 Å². The first-order valence-corrected chi connectivity index (χ1v) is 3.82. The van der Waals surface area contributed by atoms with E-state index in [0.29, 0.717) is 0 Å². The molecule has 0 saturated heterocycles. The molecule has 84 valence electrons. The van der Waals surface area contributed by atoms with Crippen LogP contribution >= 0.6 is 0 Å². The molecule has 0 heterocycles. The molecule has 0 fully saturated rings. The van der Waals surface area contributed by atoms with Crippen LogP contribution in [0.4, 0.5) is 17.6 Å². The van der Waals surface area contributed by atoms with Crippen LogP contribution in [0.3, 0.4) is 0 Å². The van der Waals surface area contributed by atoms with Gasteiger partial charge in [-0.25, -0.2) is 0 Å². The Balaban J connectivity index is 3.68. The lowest BCUT2D eigenvalue weighted by Crippen LogP contribution is -2.19. The lowest BCUT2D eigenvalue weighted by molar-refractivity contribution is -0.207. The van der Waals surface area contributed by atoms with Gasteiger partial charge in [-0.15, -0.1) is 0 Å². The Morgan fingerprint density at radius 2 is 1.21 bits per heavy atom. The zero-order valence-corrected chi connectivity index (χ0v) is 7.14.